The Labute approximate surface area is 153 Å². The molecule has 0 unspecified atom stereocenters. The van der Waals surface area contributed by atoms with Crippen molar-refractivity contribution in [3.8, 4) is 22.5 Å². The molecule has 0 spiro atoms. The molecular weight excluding hydrogens is 341 g/mol. The van der Waals surface area contributed by atoms with E-state index in [0.29, 0.717) is 22.4 Å². The summed E-state index contributed by atoms with van der Waals surface area (Å²) in [6.07, 6.45) is 8.42. The number of nitrogens with zero attached hydrogens (tertiary/aromatic N) is 5. The number of benzene rings is 1. The number of hydrogen-bond acceptors (Lipinski definition) is 5. The first-order chi connectivity index (χ1) is 13.3. The molecule has 6 heteroatoms. The van der Waals surface area contributed by atoms with Crippen LogP contribution in [0.5, 0.6) is 0 Å². The summed E-state index contributed by atoms with van der Waals surface area (Å²) >= 11 is 0. The minimum Gasteiger partial charge on any atom is -0.264 e. The average Bonchev–Trinajstić information content (AvgIpc) is 2.73. The number of halogens is 1. The van der Waals surface area contributed by atoms with Gasteiger partial charge < -0.3 is 0 Å². The molecule has 0 saturated heterocycles. The molecule has 4 heterocycles. The highest BCUT2D eigenvalue weighted by Gasteiger charge is 2.16. The van der Waals surface area contributed by atoms with E-state index < -0.39 is 0 Å². The molecule has 27 heavy (non-hydrogen) atoms. The van der Waals surface area contributed by atoms with E-state index in [9.17, 15) is 4.39 Å². The van der Waals surface area contributed by atoms with Crippen molar-refractivity contribution in [3.05, 3.63) is 79.3 Å². The Kier molecular flexibility index (Phi) is 3.53. The van der Waals surface area contributed by atoms with Crippen molar-refractivity contribution in [2.45, 2.75) is 0 Å². The lowest BCUT2D eigenvalue weighted by Crippen LogP contribution is -1.97. The number of fused-ring (bicyclic) bond motifs is 2. The molecule has 128 valence electrons. The molecule has 5 nitrogen and oxygen atoms in total. The van der Waals surface area contributed by atoms with Gasteiger partial charge in [0.2, 0.25) is 0 Å². The van der Waals surface area contributed by atoms with Crippen LogP contribution in [0.15, 0.2) is 73.4 Å². The molecular formula is C21H12FN5. The van der Waals surface area contributed by atoms with Gasteiger partial charge in [-0.05, 0) is 30.3 Å². The third-order valence-electron chi connectivity index (χ3n) is 4.41. The van der Waals surface area contributed by atoms with E-state index in [-0.39, 0.29) is 5.82 Å². The van der Waals surface area contributed by atoms with Crippen molar-refractivity contribution in [2.24, 2.45) is 0 Å². The van der Waals surface area contributed by atoms with Gasteiger partial charge in [-0.15, -0.1) is 0 Å². The molecule has 4 aromatic heterocycles. The van der Waals surface area contributed by atoms with Crippen LogP contribution in [0, 0.1) is 5.82 Å². The van der Waals surface area contributed by atoms with Crippen LogP contribution < -0.4 is 0 Å². The van der Waals surface area contributed by atoms with Crippen LogP contribution in [0.25, 0.3) is 44.5 Å². The van der Waals surface area contributed by atoms with Crippen LogP contribution in [0.3, 0.4) is 0 Å². The van der Waals surface area contributed by atoms with Gasteiger partial charge in [-0.1, -0.05) is 12.1 Å². The van der Waals surface area contributed by atoms with Crippen molar-refractivity contribution < 1.29 is 4.39 Å². The van der Waals surface area contributed by atoms with Crippen molar-refractivity contribution in [2.75, 3.05) is 0 Å². The Bertz CT molecular complexity index is 1300. The van der Waals surface area contributed by atoms with Gasteiger partial charge in [0.15, 0.2) is 5.65 Å². The third kappa shape index (κ3) is 2.58. The Balaban J connectivity index is 1.87. The van der Waals surface area contributed by atoms with E-state index in [4.69, 9.17) is 0 Å². The molecule has 0 N–H and O–H groups in total. The molecule has 0 amide bonds. The standard InChI is InChI=1S/C21H12FN5/c22-17-4-2-1-3-15(17)18-11-16(20-21(27-18)26-10-9-25-20)19-14-6-7-23-12-13(14)5-8-24-19/h1-12H. The van der Waals surface area contributed by atoms with Crippen molar-refractivity contribution in [1.29, 1.82) is 0 Å². The fourth-order valence-electron chi connectivity index (χ4n) is 3.17. The molecule has 0 aliphatic heterocycles. The molecule has 0 radical (unpaired) electrons. The molecule has 0 aliphatic carbocycles. The quantitative estimate of drug-likeness (QED) is 0.469. The molecule has 0 saturated carbocycles. The molecule has 0 fully saturated rings. The van der Waals surface area contributed by atoms with Gasteiger partial charge in [0, 0.05) is 52.9 Å². The minimum atomic E-state index is -0.339. The summed E-state index contributed by atoms with van der Waals surface area (Å²) in [5, 5.41) is 1.90. The van der Waals surface area contributed by atoms with Crippen molar-refractivity contribution in [3.63, 3.8) is 0 Å². The maximum Gasteiger partial charge on any atom is 0.179 e. The number of aromatic nitrogens is 5. The van der Waals surface area contributed by atoms with E-state index in [1.165, 1.54) is 6.07 Å². The zero-order chi connectivity index (χ0) is 18.2. The smallest absolute Gasteiger partial charge is 0.179 e. The van der Waals surface area contributed by atoms with Gasteiger partial charge in [0.25, 0.3) is 0 Å². The van der Waals surface area contributed by atoms with Crippen LogP contribution in [-0.4, -0.2) is 24.9 Å². The van der Waals surface area contributed by atoms with Crippen LogP contribution in [0.4, 0.5) is 4.39 Å². The first-order valence-corrected chi connectivity index (χ1v) is 8.37. The summed E-state index contributed by atoms with van der Waals surface area (Å²) in [4.78, 5) is 22.0. The predicted octanol–water partition coefficient (Wildman–Crippen LogP) is 4.44. The zero-order valence-corrected chi connectivity index (χ0v) is 14.0. The second-order valence-corrected chi connectivity index (χ2v) is 6.02. The fraction of sp³-hybridized carbons (Fsp3) is 0. The molecule has 1 aromatic carbocycles. The lowest BCUT2D eigenvalue weighted by Gasteiger charge is -2.10. The second-order valence-electron chi connectivity index (χ2n) is 6.02. The van der Waals surface area contributed by atoms with Gasteiger partial charge in [-0.2, -0.15) is 0 Å². The number of rotatable bonds is 2. The van der Waals surface area contributed by atoms with Gasteiger partial charge in [0.1, 0.15) is 11.3 Å². The Morgan fingerprint density at radius 1 is 0.778 bits per heavy atom. The van der Waals surface area contributed by atoms with E-state index in [2.05, 4.69) is 24.9 Å². The summed E-state index contributed by atoms with van der Waals surface area (Å²) in [7, 11) is 0. The molecule has 0 bridgehead atoms. The van der Waals surface area contributed by atoms with Crippen molar-refractivity contribution >= 4 is 21.9 Å². The SMILES string of the molecule is Fc1ccccc1-c1cc(-c2nccc3cnccc23)c2nccnc2n1. The van der Waals surface area contributed by atoms with Gasteiger partial charge in [-0.3, -0.25) is 15.0 Å². The highest BCUT2D eigenvalue weighted by molar-refractivity contribution is 6.01. The highest BCUT2D eigenvalue weighted by atomic mass is 19.1. The lowest BCUT2D eigenvalue weighted by atomic mass is 10.0. The average molecular weight is 353 g/mol. The van der Waals surface area contributed by atoms with E-state index >= 15 is 0 Å². The highest BCUT2D eigenvalue weighted by Crippen LogP contribution is 2.33. The van der Waals surface area contributed by atoms with Crippen LogP contribution >= 0.6 is 0 Å². The van der Waals surface area contributed by atoms with Gasteiger partial charge in [-0.25, -0.2) is 14.4 Å². The van der Waals surface area contributed by atoms with Crippen LogP contribution in [0.2, 0.25) is 0 Å². The maximum absolute atomic E-state index is 14.4. The van der Waals surface area contributed by atoms with Gasteiger partial charge in [0.05, 0.1) is 11.4 Å². The van der Waals surface area contributed by atoms with Gasteiger partial charge >= 0.3 is 0 Å². The molecule has 0 atom stereocenters. The zero-order valence-electron chi connectivity index (χ0n) is 14.0. The fourth-order valence-corrected chi connectivity index (χ4v) is 3.17. The second kappa shape index (κ2) is 6.17. The minimum absolute atomic E-state index is 0.339. The largest absolute Gasteiger partial charge is 0.264 e. The Morgan fingerprint density at radius 2 is 1.67 bits per heavy atom. The van der Waals surface area contributed by atoms with E-state index in [1.807, 2.05) is 18.2 Å². The number of hydrogen-bond donors (Lipinski definition) is 0. The summed E-state index contributed by atoms with van der Waals surface area (Å²) in [5.41, 5.74) is 3.45. The third-order valence-corrected chi connectivity index (χ3v) is 4.41. The summed E-state index contributed by atoms with van der Waals surface area (Å²) in [6, 6.07) is 12.2. The lowest BCUT2D eigenvalue weighted by molar-refractivity contribution is 0.631. The predicted molar refractivity (Wildman–Crippen MR) is 101 cm³/mol. The Morgan fingerprint density at radius 3 is 2.59 bits per heavy atom. The first-order valence-electron chi connectivity index (χ1n) is 8.37. The van der Waals surface area contributed by atoms with Crippen LogP contribution in [-0.2, 0) is 0 Å². The molecule has 0 aliphatic rings. The summed E-state index contributed by atoms with van der Waals surface area (Å²) in [6.45, 7) is 0. The maximum atomic E-state index is 14.4. The first kappa shape index (κ1) is 15.5. The number of pyridine rings is 3. The van der Waals surface area contributed by atoms with Crippen LogP contribution in [0.1, 0.15) is 0 Å². The summed E-state index contributed by atoms with van der Waals surface area (Å²) < 4.78 is 14.4. The molecule has 5 aromatic rings. The topological polar surface area (TPSA) is 64.5 Å². The monoisotopic (exact) mass is 353 g/mol. The summed E-state index contributed by atoms with van der Waals surface area (Å²) in [5.74, 6) is -0.339. The normalized spacial score (nSPS) is 11.1. The van der Waals surface area contributed by atoms with E-state index in [1.54, 1.807) is 49.2 Å². The van der Waals surface area contributed by atoms with Crippen molar-refractivity contribution in [1.82, 2.24) is 24.9 Å². The Hall–Kier alpha value is -3.80. The van der Waals surface area contributed by atoms with E-state index in [0.717, 1.165) is 22.0 Å². The molecule has 5 rings (SSSR count).